The monoisotopic (exact) mass is 399 g/mol. The fourth-order valence-electron chi connectivity index (χ4n) is 3.56. The number of aromatic nitrogens is 2. The summed E-state index contributed by atoms with van der Waals surface area (Å²) in [6.07, 6.45) is 0.802. The molecule has 0 aliphatic rings. The van der Waals surface area contributed by atoms with Crippen molar-refractivity contribution < 1.29 is 9.47 Å². The van der Waals surface area contributed by atoms with Gasteiger partial charge in [0.1, 0.15) is 0 Å². The zero-order valence-corrected chi connectivity index (χ0v) is 17.2. The molecule has 0 unspecified atom stereocenters. The number of para-hydroxylation sites is 1. The Balaban J connectivity index is 1.68. The molecule has 0 atom stereocenters. The molecule has 3 aromatic carbocycles. The van der Waals surface area contributed by atoms with E-state index in [2.05, 4.69) is 24.3 Å². The maximum Gasteiger partial charge on any atom is 0.160 e. The zero-order valence-electron chi connectivity index (χ0n) is 17.2. The molecule has 0 amide bonds. The molecule has 0 aliphatic carbocycles. The van der Waals surface area contributed by atoms with Crippen LogP contribution in [-0.2, 0) is 13.0 Å². The summed E-state index contributed by atoms with van der Waals surface area (Å²) >= 11 is 0. The van der Waals surface area contributed by atoms with Gasteiger partial charge in [-0.1, -0.05) is 54.6 Å². The van der Waals surface area contributed by atoms with Gasteiger partial charge in [0.25, 0.3) is 0 Å². The number of ether oxygens (including phenoxy) is 2. The van der Waals surface area contributed by atoms with Crippen LogP contribution in [0.4, 0.5) is 5.69 Å². The first-order valence-corrected chi connectivity index (χ1v) is 9.88. The molecule has 152 valence electrons. The fourth-order valence-corrected chi connectivity index (χ4v) is 3.56. The van der Waals surface area contributed by atoms with Gasteiger partial charge in [-0.05, 0) is 36.2 Å². The van der Waals surface area contributed by atoms with Crippen LogP contribution in [0.5, 0.6) is 11.5 Å². The zero-order chi connectivity index (χ0) is 20.9. The Morgan fingerprint density at radius 3 is 2.30 bits per heavy atom. The second-order valence-corrected chi connectivity index (χ2v) is 7.03. The van der Waals surface area contributed by atoms with Crippen molar-refractivity contribution in [2.45, 2.75) is 13.0 Å². The molecule has 1 aromatic heterocycles. The summed E-state index contributed by atoms with van der Waals surface area (Å²) in [5.74, 6) is 1.46. The summed E-state index contributed by atoms with van der Waals surface area (Å²) < 4.78 is 12.8. The number of aryl methyl sites for hydroxylation is 2. The van der Waals surface area contributed by atoms with E-state index < -0.39 is 0 Å². The van der Waals surface area contributed by atoms with Crippen molar-refractivity contribution in [2.75, 3.05) is 20.0 Å². The second kappa shape index (κ2) is 8.74. The molecule has 5 nitrogen and oxygen atoms in total. The summed E-state index contributed by atoms with van der Waals surface area (Å²) in [7, 11) is 3.29. The topological polar surface area (TPSA) is 62.3 Å². The number of hydrogen-bond donors (Lipinski definition) is 1. The lowest BCUT2D eigenvalue weighted by molar-refractivity contribution is 0.354. The SMILES string of the molecule is COc1ccc(CCn2nc(-c3ccccc3)cc2-c2ccccc2N)cc1OC. The van der Waals surface area contributed by atoms with Crippen LogP contribution in [0.2, 0.25) is 0 Å². The summed E-state index contributed by atoms with van der Waals surface area (Å²) in [4.78, 5) is 0. The molecule has 1 heterocycles. The molecule has 0 fully saturated rings. The highest BCUT2D eigenvalue weighted by Gasteiger charge is 2.14. The summed E-state index contributed by atoms with van der Waals surface area (Å²) in [5.41, 5.74) is 12.2. The highest BCUT2D eigenvalue weighted by molar-refractivity contribution is 5.77. The Labute approximate surface area is 176 Å². The van der Waals surface area contributed by atoms with Gasteiger partial charge in [0.15, 0.2) is 11.5 Å². The van der Waals surface area contributed by atoms with E-state index in [9.17, 15) is 0 Å². The minimum atomic E-state index is 0.714. The minimum absolute atomic E-state index is 0.714. The van der Waals surface area contributed by atoms with Crippen molar-refractivity contribution in [3.63, 3.8) is 0 Å². The molecule has 4 aromatic rings. The van der Waals surface area contributed by atoms with E-state index in [1.807, 2.05) is 59.3 Å². The molecule has 0 radical (unpaired) electrons. The number of nitrogens with two attached hydrogens (primary N) is 1. The Morgan fingerprint density at radius 1 is 0.833 bits per heavy atom. The lowest BCUT2D eigenvalue weighted by Crippen LogP contribution is -2.06. The van der Waals surface area contributed by atoms with Crippen LogP contribution in [0.3, 0.4) is 0 Å². The molecule has 0 spiro atoms. The van der Waals surface area contributed by atoms with Crippen molar-refractivity contribution in [1.82, 2.24) is 9.78 Å². The van der Waals surface area contributed by atoms with Gasteiger partial charge in [0.05, 0.1) is 25.6 Å². The number of nitrogen functional groups attached to an aromatic ring is 1. The van der Waals surface area contributed by atoms with E-state index in [-0.39, 0.29) is 0 Å². The second-order valence-electron chi connectivity index (χ2n) is 7.03. The average molecular weight is 399 g/mol. The van der Waals surface area contributed by atoms with Crippen LogP contribution in [-0.4, -0.2) is 24.0 Å². The maximum absolute atomic E-state index is 6.27. The van der Waals surface area contributed by atoms with Crippen molar-refractivity contribution in [2.24, 2.45) is 0 Å². The van der Waals surface area contributed by atoms with Crippen LogP contribution < -0.4 is 15.2 Å². The smallest absolute Gasteiger partial charge is 0.160 e. The van der Waals surface area contributed by atoms with Gasteiger partial charge >= 0.3 is 0 Å². The highest BCUT2D eigenvalue weighted by atomic mass is 16.5. The predicted molar refractivity (Wildman–Crippen MR) is 121 cm³/mol. The van der Waals surface area contributed by atoms with Crippen LogP contribution in [0.1, 0.15) is 5.56 Å². The Bertz CT molecular complexity index is 1140. The van der Waals surface area contributed by atoms with Crippen molar-refractivity contribution in [3.8, 4) is 34.0 Å². The largest absolute Gasteiger partial charge is 0.493 e. The van der Waals surface area contributed by atoms with E-state index in [0.717, 1.165) is 51.7 Å². The third-order valence-electron chi connectivity index (χ3n) is 5.15. The van der Waals surface area contributed by atoms with Crippen molar-refractivity contribution in [3.05, 3.63) is 84.4 Å². The molecular formula is C25H25N3O2. The lowest BCUT2D eigenvalue weighted by Gasteiger charge is -2.12. The summed E-state index contributed by atoms with van der Waals surface area (Å²) in [6, 6.07) is 26.2. The Kier molecular flexibility index (Phi) is 5.70. The Hall–Kier alpha value is -3.73. The number of rotatable bonds is 7. The molecule has 0 saturated carbocycles. The maximum atomic E-state index is 6.27. The number of nitrogens with zero attached hydrogens (tertiary/aromatic N) is 2. The minimum Gasteiger partial charge on any atom is -0.493 e. The van der Waals surface area contributed by atoms with Crippen LogP contribution >= 0.6 is 0 Å². The fraction of sp³-hybridized carbons (Fsp3) is 0.160. The van der Waals surface area contributed by atoms with E-state index in [1.165, 1.54) is 0 Å². The molecule has 2 N–H and O–H groups in total. The number of methoxy groups -OCH3 is 2. The molecule has 0 bridgehead atoms. The molecular weight excluding hydrogens is 374 g/mol. The van der Waals surface area contributed by atoms with Gasteiger partial charge in [-0.2, -0.15) is 5.10 Å². The first kappa shape index (κ1) is 19.6. The lowest BCUT2D eigenvalue weighted by atomic mass is 10.1. The van der Waals surface area contributed by atoms with E-state index >= 15 is 0 Å². The van der Waals surface area contributed by atoms with Crippen LogP contribution in [0.25, 0.3) is 22.5 Å². The third-order valence-corrected chi connectivity index (χ3v) is 5.15. The van der Waals surface area contributed by atoms with E-state index in [4.69, 9.17) is 20.3 Å². The first-order valence-electron chi connectivity index (χ1n) is 9.88. The van der Waals surface area contributed by atoms with Crippen molar-refractivity contribution in [1.29, 1.82) is 0 Å². The number of hydrogen-bond acceptors (Lipinski definition) is 4. The van der Waals surface area contributed by atoms with Crippen LogP contribution in [0, 0.1) is 0 Å². The molecule has 0 aliphatic heterocycles. The quantitative estimate of drug-likeness (QED) is 0.441. The normalized spacial score (nSPS) is 10.7. The van der Waals surface area contributed by atoms with E-state index in [1.54, 1.807) is 14.2 Å². The van der Waals surface area contributed by atoms with Gasteiger partial charge < -0.3 is 15.2 Å². The van der Waals surface area contributed by atoms with Gasteiger partial charge in [-0.3, -0.25) is 4.68 Å². The first-order chi connectivity index (χ1) is 14.7. The molecule has 4 rings (SSSR count). The molecule has 0 saturated heterocycles. The number of anilines is 1. The highest BCUT2D eigenvalue weighted by Crippen LogP contribution is 2.31. The summed E-state index contributed by atoms with van der Waals surface area (Å²) in [5, 5.41) is 4.89. The predicted octanol–water partition coefficient (Wildman–Crippen LogP) is 5.06. The molecule has 30 heavy (non-hydrogen) atoms. The third kappa shape index (κ3) is 4.01. The van der Waals surface area contributed by atoms with E-state index in [0.29, 0.717) is 6.54 Å². The molecule has 5 heteroatoms. The van der Waals surface area contributed by atoms with Gasteiger partial charge in [-0.25, -0.2) is 0 Å². The number of benzene rings is 3. The van der Waals surface area contributed by atoms with Gasteiger partial charge in [0.2, 0.25) is 0 Å². The van der Waals surface area contributed by atoms with Crippen LogP contribution in [0.15, 0.2) is 78.9 Å². The van der Waals surface area contributed by atoms with Gasteiger partial charge in [-0.15, -0.1) is 0 Å². The average Bonchev–Trinajstić information content (AvgIpc) is 3.22. The van der Waals surface area contributed by atoms with Gasteiger partial charge in [0, 0.05) is 23.4 Å². The van der Waals surface area contributed by atoms with Crippen molar-refractivity contribution >= 4 is 5.69 Å². The summed E-state index contributed by atoms with van der Waals surface area (Å²) in [6.45, 7) is 0.714. The Morgan fingerprint density at radius 2 is 1.57 bits per heavy atom. The standard InChI is InChI=1S/C25H25N3O2/c1-29-24-13-12-18(16-25(24)30-2)14-15-28-23(20-10-6-7-11-21(20)26)17-22(27-28)19-8-4-3-5-9-19/h3-13,16-17H,14-15,26H2,1-2H3.